The molecule has 1 N–H and O–H groups in total. The molecule has 94 valence electrons. The summed E-state index contributed by atoms with van der Waals surface area (Å²) in [7, 11) is 0. The number of rotatable bonds is 3. The van der Waals surface area contributed by atoms with E-state index in [0.29, 0.717) is 12.1 Å². The molecule has 1 aliphatic heterocycles. The molecule has 2 nitrogen and oxygen atoms in total. The normalized spacial score (nSPS) is 24.6. The van der Waals surface area contributed by atoms with Gasteiger partial charge in [-0.1, -0.05) is 13.0 Å². The van der Waals surface area contributed by atoms with E-state index < -0.39 is 0 Å². The molecule has 1 fully saturated rings. The molecular formula is C15H23NO. The van der Waals surface area contributed by atoms with E-state index in [0.717, 1.165) is 25.9 Å². The predicted octanol–water partition coefficient (Wildman–Crippen LogP) is 3.67. The summed E-state index contributed by atoms with van der Waals surface area (Å²) >= 11 is 0. The Morgan fingerprint density at radius 1 is 1.24 bits per heavy atom. The van der Waals surface area contributed by atoms with Crippen molar-refractivity contribution in [2.24, 2.45) is 0 Å². The molecule has 2 rings (SSSR count). The highest BCUT2D eigenvalue weighted by Gasteiger charge is 2.20. The maximum absolute atomic E-state index is 5.70. The third-order valence-corrected chi connectivity index (χ3v) is 3.42. The number of nitrogens with one attached hydrogen (secondary N) is 1. The van der Waals surface area contributed by atoms with E-state index in [1.807, 2.05) is 0 Å². The van der Waals surface area contributed by atoms with Crippen LogP contribution >= 0.6 is 0 Å². The van der Waals surface area contributed by atoms with Crippen LogP contribution in [0.15, 0.2) is 18.2 Å². The van der Waals surface area contributed by atoms with Gasteiger partial charge in [0.2, 0.25) is 0 Å². The van der Waals surface area contributed by atoms with Crippen LogP contribution in [0.3, 0.4) is 0 Å². The van der Waals surface area contributed by atoms with Gasteiger partial charge in [-0.2, -0.15) is 0 Å². The number of benzene rings is 1. The van der Waals surface area contributed by atoms with Gasteiger partial charge in [0.05, 0.1) is 6.10 Å². The number of anilines is 1. The van der Waals surface area contributed by atoms with Crippen LogP contribution in [-0.2, 0) is 4.74 Å². The topological polar surface area (TPSA) is 21.3 Å². The van der Waals surface area contributed by atoms with E-state index in [-0.39, 0.29) is 0 Å². The Morgan fingerprint density at radius 2 is 1.94 bits per heavy atom. The standard InChI is InChI=1S/C15H23NO/c1-4-15-10-13(5-6-17-15)16-14-8-11(2)7-12(3)9-14/h7-9,13,15-16H,4-6,10H2,1-3H3. The first kappa shape index (κ1) is 12.4. The van der Waals surface area contributed by atoms with Gasteiger partial charge in [-0.05, 0) is 56.4 Å². The zero-order chi connectivity index (χ0) is 12.3. The first-order valence-corrected chi connectivity index (χ1v) is 6.64. The zero-order valence-corrected chi connectivity index (χ0v) is 11.1. The molecule has 2 unspecified atom stereocenters. The molecular weight excluding hydrogens is 210 g/mol. The van der Waals surface area contributed by atoms with Gasteiger partial charge in [0.15, 0.2) is 0 Å². The van der Waals surface area contributed by atoms with Gasteiger partial charge < -0.3 is 10.1 Å². The van der Waals surface area contributed by atoms with E-state index in [1.165, 1.54) is 16.8 Å². The Balaban J connectivity index is 2.00. The zero-order valence-electron chi connectivity index (χ0n) is 11.1. The Morgan fingerprint density at radius 3 is 2.59 bits per heavy atom. The molecule has 0 amide bonds. The number of hydrogen-bond acceptors (Lipinski definition) is 2. The second-order valence-corrected chi connectivity index (χ2v) is 5.14. The highest BCUT2D eigenvalue weighted by Crippen LogP contribution is 2.21. The second-order valence-electron chi connectivity index (χ2n) is 5.14. The summed E-state index contributed by atoms with van der Waals surface area (Å²) in [6.45, 7) is 7.39. The van der Waals surface area contributed by atoms with Gasteiger partial charge in [0, 0.05) is 18.3 Å². The van der Waals surface area contributed by atoms with E-state index in [9.17, 15) is 0 Å². The van der Waals surface area contributed by atoms with Gasteiger partial charge in [-0.3, -0.25) is 0 Å². The van der Waals surface area contributed by atoms with Gasteiger partial charge in [-0.25, -0.2) is 0 Å². The fourth-order valence-corrected chi connectivity index (χ4v) is 2.59. The van der Waals surface area contributed by atoms with Crippen LogP contribution < -0.4 is 5.32 Å². The van der Waals surface area contributed by atoms with E-state index in [4.69, 9.17) is 4.74 Å². The highest BCUT2D eigenvalue weighted by molar-refractivity contribution is 5.49. The molecule has 2 atom stereocenters. The largest absolute Gasteiger partial charge is 0.382 e. The van der Waals surface area contributed by atoms with Crippen molar-refractivity contribution in [1.82, 2.24) is 0 Å². The lowest BCUT2D eigenvalue weighted by atomic mass is 10.0. The first-order valence-electron chi connectivity index (χ1n) is 6.64. The van der Waals surface area contributed by atoms with E-state index in [1.54, 1.807) is 0 Å². The van der Waals surface area contributed by atoms with Crippen molar-refractivity contribution in [2.75, 3.05) is 11.9 Å². The van der Waals surface area contributed by atoms with Crippen molar-refractivity contribution in [3.8, 4) is 0 Å². The van der Waals surface area contributed by atoms with Crippen LogP contribution in [0.5, 0.6) is 0 Å². The summed E-state index contributed by atoms with van der Waals surface area (Å²) in [5, 5.41) is 3.65. The Bertz CT molecular complexity index is 355. The number of ether oxygens (including phenoxy) is 1. The molecule has 1 aromatic rings. The Labute approximate surface area is 104 Å². The number of hydrogen-bond donors (Lipinski definition) is 1. The molecule has 2 heteroatoms. The SMILES string of the molecule is CCC1CC(Nc2cc(C)cc(C)c2)CCO1. The van der Waals surface area contributed by atoms with Crippen LogP contribution in [0.4, 0.5) is 5.69 Å². The maximum atomic E-state index is 5.70. The summed E-state index contributed by atoms with van der Waals surface area (Å²) in [6, 6.07) is 7.23. The molecule has 17 heavy (non-hydrogen) atoms. The first-order chi connectivity index (χ1) is 8.17. The molecule has 1 aliphatic rings. The van der Waals surface area contributed by atoms with E-state index in [2.05, 4.69) is 44.3 Å². The van der Waals surface area contributed by atoms with Crippen LogP contribution in [0.2, 0.25) is 0 Å². The molecule has 0 saturated carbocycles. The summed E-state index contributed by atoms with van der Waals surface area (Å²) in [5.41, 5.74) is 3.91. The average molecular weight is 233 g/mol. The smallest absolute Gasteiger partial charge is 0.0592 e. The number of aryl methyl sites for hydroxylation is 2. The molecule has 1 aromatic carbocycles. The molecule has 0 aliphatic carbocycles. The minimum atomic E-state index is 0.437. The average Bonchev–Trinajstić information content (AvgIpc) is 2.28. The minimum Gasteiger partial charge on any atom is -0.382 e. The molecule has 0 spiro atoms. The van der Waals surface area contributed by atoms with Gasteiger partial charge in [0.1, 0.15) is 0 Å². The van der Waals surface area contributed by atoms with E-state index >= 15 is 0 Å². The molecule has 1 heterocycles. The molecule has 0 aromatic heterocycles. The monoisotopic (exact) mass is 233 g/mol. The summed E-state index contributed by atoms with van der Waals surface area (Å²) < 4.78 is 5.70. The van der Waals surface area contributed by atoms with Crippen molar-refractivity contribution in [3.63, 3.8) is 0 Å². The quantitative estimate of drug-likeness (QED) is 0.860. The lowest BCUT2D eigenvalue weighted by Crippen LogP contribution is -2.33. The van der Waals surface area contributed by atoms with Crippen molar-refractivity contribution < 1.29 is 4.74 Å². The fourth-order valence-electron chi connectivity index (χ4n) is 2.59. The second kappa shape index (κ2) is 5.54. The van der Waals surface area contributed by atoms with Crippen molar-refractivity contribution in [3.05, 3.63) is 29.3 Å². The van der Waals surface area contributed by atoms with Gasteiger partial charge in [0.25, 0.3) is 0 Å². The van der Waals surface area contributed by atoms with Crippen molar-refractivity contribution in [1.29, 1.82) is 0 Å². The molecule has 0 radical (unpaired) electrons. The predicted molar refractivity (Wildman–Crippen MR) is 72.6 cm³/mol. The fraction of sp³-hybridized carbons (Fsp3) is 0.600. The van der Waals surface area contributed by atoms with Crippen LogP contribution in [-0.4, -0.2) is 18.8 Å². The third-order valence-electron chi connectivity index (χ3n) is 3.42. The lowest BCUT2D eigenvalue weighted by molar-refractivity contribution is 0.00926. The Hall–Kier alpha value is -1.02. The summed E-state index contributed by atoms with van der Waals surface area (Å²) in [6.07, 6.45) is 3.80. The van der Waals surface area contributed by atoms with Gasteiger partial charge in [-0.15, -0.1) is 0 Å². The highest BCUT2D eigenvalue weighted by atomic mass is 16.5. The van der Waals surface area contributed by atoms with Crippen LogP contribution in [0.25, 0.3) is 0 Å². The van der Waals surface area contributed by atoms with Crippen LogP contribution in [0, 0.1) is 13.8 Å². The van der Waals surface area contributed by atoms with Crippen molar-refractivity contribution >= 4 is 5.69 Å². The van der Waals surface area contributed by atoms with Crippen molar-refractivity contribution in [2.45, 2.75) is 52.2 Å². The lowest BCUT2D eigenvalue weighted by Gasteiger charge is -2.30. The minimum absolute atomic E-state index is 0.437. The summed E-state index contributed by atoms with van der Waals surface area (Å²) in [4.78, 5) is 0. The third kappa shape index (κ3) is 3.47. The van der Waals surface area contributed by atoms with Gasteiger partial charge >= 0.3 is 0 Å². The van der Waals surface area contributed by atoms with Crippen LogP contribution in [0.1, 0.15) is 37.3 Å². The molecule has 0 bridgehead atoms. The Kier molecular flexibility index (Phi) is 4.06. The molecule has 1 saturated heterocycles. The summed E-state index contributed by atoms with van der Waals surface area (Å²) in [5.74, 6) is 0. The maximum Gasteiger partial charge on any atom is 0.0592 e.